The molecule has 0 bridgehead atoms. The van der Waals surface area contributed by atoms with Crippen LogP contribution in [-0.2, 0) is 19.6 Å². The Hall–Kier alpha value is -0.870. The van der Waals surface area contributed by atoms with E-state index in [0.29, 0.717) is 0 Å². The lowest BCUT2D eigenvalue weighted by atomic mass is 10.5. The molecule has 0 aliphatic heterocycles. The Balaban J connectivity index is 5.16. The number of nitrogens with zero attached hydrogens (tertiary/aromatic N) is 1. The molecule has 0 fully saturated rings. The van der Waals surface area contributed by atoms with Crippen molar-refractivity contribution in [2.75, 3.05) is 26.8 Å². The Morgan fingerprint density at radius 3 is 2.28 bits per heavy atom. The predicted molar refractivity (Wildman–Crippen MR) is 55.1 cm³/mol. The molecule has 1 unspecified atom stereocenters. The summed E-state index contributed by atoms with van der Waals surface area (Å²) in [6.45, 7) is -2.38. The molecule has 0 aliphatic rings. The first-order valence-corrected chi connectivity index (χ1v) is 6.31. The molecule has 0 rings (SSSR count). The minimum atomic E-state index is -4.77. The number of carbonyl (C=O) groups excluding carboxylic acids is 1. The molecule has 0 aromatic carbocycles. The standard InChI is InChI=1S/C8H14F3NO5S/c1-6(7(14)17-2)18(15,16)12(3-4-13)5-8(9,10)11/h6,13H,3-5H2,1-2H3. The van der Waals surface area contributed by atoms with Crippen LogP contribution < -0.4 is 0 Å². The van der Waals surface area contributed by atoms with E-state index in [1.165, 1.54) is 0 Å². The lowest BCUT2D eigenvalue weighted by molar-refractivity contribution is -0.141. The Labute approximate surface area is 102 Å². The summed E-state index contributed by atoms with van der Waals surface area (Å²) in [5.41, 5.74) is 0. The van der Waals surface area contributed by atoms with Gasteiger partial charge in [-0.1, -0.05) is 0 Å². The lowest BCUT2D eigenvalue weighted by Crippen LogP contribution is -2.46. The van der Waals surface area contributed by atoms with Gasteiger partial charge in [0.25, 0.3) is 0 Å². The van der Waals surface area contributed by atoms with Crippen molar-refractivity contribution in [2.45, 2.75) is 18.3 Å². The number of aliphatic hydroxyl groups is 1. The van der Waals surface area contributed by atoms with E-state index in [9.17, 15) is 26.4 Å². The second-order valence-electron chi connectivity index (χ2n) is 3.38. The van der Waals surface area contributed by atoms with Crippen LogP contribution in [0.4, 0.5) is 13.2 Å². The van der Waals surface area contributed by atoms with Crippen LogP contribution in [0.5, 0.6) is 0 Å². The first-order valence-electron chi connectivity index (χ1n) is 4.80. The van der Waals surface area contributed by atoms with Crippen molar-refractivity contribution in [3.63, 3.8) is 0 Å². The molecule has 0 saturated carbocycles. The van der Waals surface area contributed by atoms with Gasteiger partial charge in [-0.3, -0.25) is 4.79 Å². The van der Waals surface area contributed by atoms with Crippen molar-refractivity contribution in [3.05, 3.63) is 0 Å². The fraction of sp³-hybridized carbons (Fsp3) is 0.875. The van der Waals surface area contributed by atoms with Gasteiger partial charge in [-0.05, 0) is 6.92 Å². The monoisotopic (exact) mass is 293 g/mol. The van der Waals surface area contributed by atoms with Gasteiger partial charge < -0.3 is 9.84 Å². The van der Waals surface area contributed by atoms with Crippen molar-refractivity contribution >= 4 is 16.0 Å². The fourth-order valence-corrected chi connectivity index (χ4v) is 2.57. The summed E-state index contributed by atoms with van der Waals surface area (Å²) in [6, 6.07) is 0. The molecule has 0 spiro atoms. The molecule has 0 heterocycles. The van der Waals surface area contributed by atoms with Gasteiger partial charge in [-0.25, -0.2) is 8.42 Å². The van der Waals surface area contributed by atoms with E-state index in [1.807, 2.05) is 0 Å². The number of alkyl halides is 3. The van der Waals surface area contributed by atoms with E-state index in [2.05, 4.69) is 4.74 Å². The largest absolute Gasteiger partial charge is 0.468 e. The zero-order valence-corrected chi connectivity index (χ0v) is 10.6. The Morgan fingerprint density at radius 1 is 1.44 bits per heavy atom. The smallest absolute Gasteiger partial charge is 0.402 e. The van der Waals surface area contributed by atoms with Crippen LogP contribution in [0.2, 0.25) is 0 Å². The van der Waals surface area contributed by atoms with Crippen LogP contribution >= 0.6 is 0 Å². The highest BCUT2D eigenvalue weighted by Gasteiger charge is 2.40. The minimum Gasteiger partial charge on any atom is -0.468 e. The van der Waals surface area contributed by atoms with Crippen LogP contribution in [0.3, 0.4) is 0 Å². The number of methoxy groups -OCH3 is 1. The molecule has 0 saturated heterocycles. The molecular weight excluding hydrogens is 279 g/mol. The highest BCUT2D eigenvalue weighted by atomic mass is 32.2. The molecule has 18 heavy (non-hydrogen) atoms. The quantitative estimate of drug-likeness (QED) is 0.682. The molecule has 0 aromatic heterocycles. The molecule has 10 heteroatoms. The zero-order valence-electron chi connectivity index (χ0n) is 9.77. The summed E-state index contributed by atoms with van der Waals surface area (Å²) in [7, 11) is -3.60. The summed E-state index contributed by atoms with van der Waals surface area (Å²) >= 11 is 0. The van der Waals surface area contributed by atoms with E-state index in [4.69, 9.17) is 5.11 Å². The van der Waals surface area contributed by atoms with Crippen molar-refractivity contribution in [2.24, 2.45) is 0 Å². The highest BCUT2D eigenvalue weighted by molar-refractivity contribution is 7.90. The molecule has 108 valence electrons. The van der Waals surface area contributed by atoms with Gasteiger partial charge >= 0.3 is 12.1 Å². The molecule has 0 aliphatic carbocycles. The maximum absolute atomic E-state index is 12.2. The summed E-state index contributed by atoms with van der Waals surface area (Å²) in [6.07, 6.45) is -4.77. The molecule has 0 aromatic rings. The molecule has 6 nitrogen and oxygen atoms in total. The third kappa shape index (κ3) is 4.78. The number of hydrogen-bond donors (Lipinski definition) is 1. The number of hydrogen-bond acceptors (Lipinski definition) is 5. The van der Waals surface area contributed by atoms with Gasteiger partial charge in [0.15, 0.2) is 5.25 Å². The molecule has 0 amide bonds. The third-order valence-corrected chi connectivity index (χ3v) is 4.16. The minimum absolute atomic E-state index is 0.00852. The first kappa shape index (κ1) is 17.1. The van der Waals surface area contributed by atoms with Crippen molar-refractivity contribution in [3.8, 4) is 0 Å². The second kappa shape index (κ2) is 6.34. The van der Waals surface area contributed by atoms with Gasteiger partial charge in [-0.2, -0.15) is 17.5 Å². The van der Waals surface area contributed by atoms with Gasteiger partial charge in [0, 0.05) is 6.54 Å². The van der Waals surface area contributed by atoms with Crippen molar-refractivity contribution in [1.82, 2.24) is 4.31 Å². The number of esters is 1. The summed E-state index contributed by atoms with van der Waals surface area (Å²) in [5.74, 6) is -1.17. The number of rotatable bonds is 6. The van der Waals surface area contributed by atoms with Gasteiger partial charge in [0.05, 0.1) is 13.7 Å². The highest BCUT2D eigenvalue weighted by Crippen LogP contribution is 2.20. The molecule has 0 radical (unpaired) electrons. The average Bonchev–Trinajstić information content (AvgIpc) is 2.24. The third-order valence-electron chi connectivity index (χ3n) is 2.04. The number of sulfonamides is 1. The van der Waals surface area contributed by atoms with Crippen LogP contribution in [-0.4, -0.2) is 62.0 Å². The average molecular weight is 293 g/mol. The number of aliphatic hydroxyl groups excluding tert-OH is 1. The summed E-state index contributed by atoms with van der Waals surface area (Å²) in [4.78, 5) is 11.1. The van der Waals surface area contributed by atoms with Crippen LogP contribution in [0.1, 0.15) is 6.92 Å². The lowest BCUT2D eigenvalue weighted by Gasteiger charge is -2.24. The first-order chi connectivity index (χ1) is 8.06. The maximum Gasteiger partial charge on any atom is 0.402 e. The Morgan fingerprint density at radius 2 is 1.94 bits per heavy atom. The number of ether oxygens (including phenoxy) is 1. The SMILES string of the molecule is COC(=O)C(C)S(=O)(=O)N(CCO)CC(F)(F)F. The van der Waals surface area contributed by atoms with Crippen molar-refractivity contribution < 1.29 is 36.2 Å². The normalized spacial score (nSPS) is 14.6. The van der Waals surface area contributed by atoms with Crippen LogP contribution in [0.15, 0.2) is 0 Å². The van der Waals surface area contributed by atoms with E-state index in [0.717, 1.165) is 14.0 Å². The molecule has 1 N–H and O–H groups in total. The fourth-order valence-electron chi connectivity index (χ4n) is 1.12. The Kier molecular flexibility index (Phi) is 6.04. The van der Waals surface area contributed by atoms with Gasteiger partial charge in [0.2, 0.25) is 10.0 Å². The number of carbonyl (C=O) groups is 1. The van der Waals surface area contributed by atoms with Gasteiger partial charge in [-0.15, -0.1) is 0 Å². The summed E-state index contributed by atoms with van der Waals surface area (Å²) < 4.78 is 64.2. The van der Waals surface area contributed by atoms with Gasteiger partial charge in [0.1, 0.15) is 6.54 Å². The maximum atomic E-state index is 12.2. The van der Waals surface area contributed by atoms with Crippen LogP contribution in [0, 0.1) is 0 Å². The van der Waals surface area contributed by atoms with E-state index in [1.54, 1.807) is 0 Å². The van der Waals surface area contributed by atoms with Crippen molar-refractivity contribution in [1.29, 1.82) is 0 Å². The van der Waals surface area contributed by atoms with E-state index >= 15 is 0 Å². The Bertz CT molecular complexity index is 381. The number of halogens is 3. The molecular formula is C8H14F3NO5S. The topological polar surface area (TPSA) is 83.9 Å². The predicted octanol–water partition coefficient (Wildman–Crippen LogP) is -0.266. The summed E-state index contributed by atoms with van der Waals surface area (Å²) in [5, 5.41) is 6.82. The van der Waals surface area contributed by atoms with E-state index in [-0.39, 0.29) is 4.31 Å². The molecule has 1 atom stereocenters. The van der Waals surface area contributed by atoms with E-state index < -0.39 is 47.1 Å². The second-order valence-corrected chi connectivity index (χ2v) is 5.64. The van der Waals surface area contributed by atoms with Crippen LogP contribution in [0.25, 0.3) is 0 Å². The zero-order chi connectivity index (χ0) is 14.6.